The first-order valence-electron chi connectivity index (χ1n) is 4.75. The van der Waals surface area contributed by atoms with Gasteiger partial charge in [-0.1, -0.05) is 15.9 Å². The van der Waals surface area contributed by atoms with Crippen LogP contribution < -0.4 is 4.72 Å². The molecular weight excluding hydrogens is 294 g/mol. The molecule has 1 aromatic rings. The number of rotatable bonds is 4. The molecule has 0 amide bonds. The van der Waals surface area contributed by atoms with Crippen molar-refractivity contribution < 1.29 is 13.5 Å². The lowest BCUT2D eigenvalue weighted by Crippen LogP contribution is -2.28. The summed E-state index contributed by atoms with van der Waals surface area (Å²) < 4.78 is 26.6. The number of hydrogen-bond donors (Lipinski definition) is 2. The third kappa shape index (κ3) is 3.20. The molecule has 2 N–H and O–H groups in total. The summed E-state index contributed by atoms with van der Waals surface area (Å²) in [6.07, 6.45) is 0. The van der Waals surface area contributed by atoms with Crippen LogP contribution in [0.15, 0.2) is 22.7 Å². The normalized spacial score (nSPS) is 13.5. The average molecular weight is 308 g/mol. The molecule has 0 aliphatic rings. The Morgan fingerprint density at radius 1 is 1.50 bits per heavy atom. The lowest BCUT2D eigenvalue weighted by molar-refractivity contribution is 0.296. The molecule has 0 heterocycles. The van der Waals surface area contributed by atoms with E-state index >= 15 is 0 Å². The van der Waals surface area contributed by atoms with E-state index in [4.69, 9.17) is 5.11 Å². The van der Waals surface area contributed by atoms with Crippen molar-refractivity contribution in [1.29, 1.82) is 0 Å². The van der Waals surface area contributed by atoms with E-state index in [9.17, 15) is 8.42 Å². The molecule has 6 heteroatoms. The highest BCUT2D eigenvalue weighted by Crippen LogP contribution is 2.21. The molecule has 0 aliphatic carbocycles. The van der Waals surface area contributed by atoms with E-state index < -0.39 is 21.9 Å². The summed E-state index contributed by atoms with van der Waals surface area (Å²) in [4.78, 5) is 0. The van der Waals surface area contributed by atoms with Gasteiger partial charge in [-0.05, 0) is 37.6 Å². The molecule has 1 aromatic carbocycles. The number of aliphatic hydroxyl groups excluding tert-OH is 1. The maximum Gasteiger partial charge on any atom is 0.237 e. The number of hydrogen-bond acceptors (Lipinski definition) is 3. The third-order valence-electron chi connectivity index (χ3n) is 2.20. The molecule has 1 rings (SSSR count). The Labute approximate surface area is 104 Å². The van der Waals surface area contributed by atoms with Crippen molar-refractivity contribution in [2.45, 2.75) is 19.1 Å². The summed E-state index contributed by atoms with van der Waals surface area (Å²) in [5.74, 6) is 0. The van der Waals surface area contributed by atoms with Gasteiger partial charge < -0.3 is 5.11 Å². The van der Waals surface area contributed by atoms with Gasteiger partial charge in [0.25, 0.3) is 0 Å². The van der Waals surface area contributed by atoms with Gasteiger partial charge in [0.2, 0.25) is 10.0 Å². The van der Waals surface area contributed by atoms with Gasteiger partial charge in [0.1, 0.15) is 5.25 Å². The fourth-order valence-corrected chi connectivity index (χ4v) is 2.17. The quantitative estimate of drug-likeness (QED) is 0.892. The van der Waals surface area contributed by atoms with E-state index in [1.807, 2.05) is 6.92 Å². The Hall–Kier alpha value is -0.590. The molecule has 0 saturated carbocycles. The van der Waals surface area contributed by atoms with Gasteiger partial charge in [-0.3, -0.25) is 4.72 Å². The van der Waals surface area contributed by atoms with Crippen LogP contribution in [0, 0.1) is 6.92 Å². The third-order valence-corrected chi connectivity index (χ3v) is 4.82. The van der Waals surface area contributed by atoms with Crippen LogP contribution in [0.3, 0.4) is 0 Å². The Morgan fingerprint density at radius 2 is 2.12 bits per heavy atom. The molecule has 0 bridgehead atoms. The van der Waals surface area contributed by atoms with Crippen LogP contribution in [-0.2, 0) is 10.0 Å². The highest BCUT2D eigenvalue weighted by atomic mass is 79.9. The summed E-state index contributed by atoms with van der Waals surface area (Å²) in [6, 6.07) is 5.17. The first-order chi connectivity index (χ1) is 7.36. The van der Waals surface area contributed by atoms with Crippen LogP contribution in [0.5, 0.6) is 0 Å². The zero-order valence-corrected chi connectivity index (χ0v) is 11.5. The van der Waals surface area contributed by atoms with Crippen LogP contribution in [0.4, 0.5) is 5.69 Å². The second-order valence-electron chi connectivity index (χ2n) is 3.60. The number of aryl methyl sites for hydroxylation is 1. The monoisotopic (exact) mass is 307 g/mol. The van der Waals surface area contributed by atoms with E-state index in [0.29, 0.717) is 5.69 Å². The molecule has 0 fully saturated rings. The fraction of sp³-hybridized carbons (Fsp3) is 0.400. The number of benzene rings is 1. The summed E-state index contributed by atoms with van der Waals surface area (Å²) in [6.45, 7) is 2.93. The highest BCUT2D eigenvalue weighted by Gasteiger charge is 2.19. The van der Waals surface area contributed by atoms with Crippen LogP contribution in [0.25, 0.3) is 0 Å². The number of nitrogens with one attached hydrogen (secondary N) is 1. The molecule has 1 atom stereocenters. The fourth-order valence-electron chi connectivity index (χ4n) is 1.07. The van der Waals surface area contributed by atoms with Crippen molar-refractivity contribution >= 4 is 31.6 Å². The predicted molar refractivity (Wildman–Crippen MR) is 68.0 cm³/mol. The molecule has 90 valence electrons. The Balaban J connectivity index is 2.93. The molecule has 16 heavy (non-hydrogen) atoms. The SMILES string of the molecule is Cc1cc(NS(=O)(=O)C(C)CO)ccc1Br. The molecule has 0 spiro atoms. The lowest BCUT2D eigenvalue weighted by atomic mass is 10.2. The molecule has 1 unspecified atom stereocenters. The largest absolute Gasteiger partial charge is 0.395 e. The molecule has 0 aromatic heterocycles. The minimum Gasteiger partial charge on any atom is -0.395 e. The second kappa shape index (κ2) is 5.16. The van der Waals surface area contributed by atoms with Crippen LogP contribution in [-0.4, -0.2) is 25.4 Å². The van der Waals surface area contributed by atoms with Gasteiger partial charge in [-0.15, -0.1) is 0 Å². The Morgan fingerprint density at radius 3 is 2.62 bits per heavy atom. The number of aliphatic hydroxyl groups is 1. The smallest absolute Gasteiger partial charge is 0.237 e. The maximum atomic E-state index is 11.6. The van der Waals surface area contributed by atoms with Crippen molar-refractivity contribution in [2.75, 3.05) is 11.3 Å². The van der Waals surface area contributed by atoms with Crippen LogP contribution >= 0.6 is 15.9 Å². The summed E-state index contributed by atoms with van der Waals surface area (Å²) in [5.41, 5.74) is 1.44. The highest BCUT2D eigenvalue weighted by molar-refractivity contribution is 9.10. The van der Waals surface area contributed by atoms with Crippen LogP contribution in [0.2, 0.25) is 0 Å². The van der Waals surface area contributed by atoms with Crippen molar-refractivity contribution in [3.63, 3.8) is 0 Å². The average Bonchev–Trinajstić information content (AvgIpc) is 2.22. The van der Waals surface area contributed by atoms with E-state index in [1.54, 1.807) is 18.2 Å². The van der Waals surface area contributed by atoms with Crippen molar-refractivity contribution in [2.24, 2.45) is 0 Å². The van der Waals surface area contributed by atoms with Crippen LogP contribution in [0.1, 0.15) is 12.5 Å². The van der Waals surface area contributed by atoms with Crippen molar-refractivity contribution in [1.82, 2.24) is 0 Å². The van der Waals surface area contributed by atoms with Gasteiger partial charge in [0.15, 0.2) is 0 Å². The Kier molecular flexibility index (Phi) is 4.35. The van der Waals surface area contributed by atoms with E-state index in [0.717, 1.165) is 10.0 Å². The second-order valence-corrected chi connectivity index (χ2v) is 6.56. The zero-order valence-electron chi connectivity index (χ0n) is 9.07. The van der Waals surface area contributed by atoms with E-state index in [1.165, 1.54) is 6.92 Å². The summed E-state index contributed by atoms with van der Waals surface area (Å²) in [5, 5.41) is 8.00. The molecular formula is C10H14BrNO3S. The number of halogens is 1. The number of sulfonamides is 1. The first-order valence-corrected chi connectivity index (χ1v) is 7.09. The van der Waals surface area contributed by atoms with Crippen molar-refractivity contribution in [3.05, 3.63) is 28.2 Å². The maximum absolute atomic E-state index is 11.6. The molecule has 4 nitrogen and oxygen atoms in total. The first kappa shape index (κ1) is 13.5. The molecule has 0 radical (unpaired) electrons. The lowest BCUT2D eigenvalue weighted by Gasteiger charge is -2.13. The summed E-state index contributed by atoms with van der Waals surface area (Å²) >= 11 is 3.33. The van der Waals surface area contributed by atoms with Crippen molar-refractivity contribution in [3.8, 4) is 0 Å². The van der Waals surface area contributed by atoms with Gasteiger partial charge in [0, 0.05) is 10.2 Å². The van der Waals surface area contributed by atoms with E-state index in [2.05, 4.69) is 20.7 Å². The van der Waals surface area contributed by atoms with E-state index in [-0.39, 0.29) is 0 Å². The van der Waals surface area contributed by atoms with Gasteiger partial charge in [-0.2, -0.15) is 0 Å². The molecule has 0 saturated heterocycles. The topological polar surface area (TPSA) is 66.4 Å². The zero-order chi connectivity index (χ0) is 12.3. The van der Waals surface area contributed by atoms with Gasteiger partial charge in [0.05, 0.1) is 6.61 Å². The molecule has 0 aliphatic heterocycles. The Bertz CT molecular complexity index is 473. The standard InChI is InChI=1S/C10H14BrNO3S/c1-7-5-9(3-4-10(7)11)12-16(14,15)8(2)6-13/h3-5,8,12-13H,6H2,1-2H3. The minimum absolute atomic E-state index is 0.398. The van der Waals surface area contributed by atoms with Gasteiger partial charge >= 0.3 is 0 Å². The number of anilines is 1. The van der Waals surface area contributed by atoms with Gasteiger partial charge in [-0.25, -0.2) is 8.42 Å². The minimum atomic E-state index is -3.51. The predicted octanol–water partition coefficient (Wildman–Crippen LogP) is 1.88. The summed E-state index contributed by atoms with van der Waals surface area (Å²) in [7, 11) is -3.51.